The Morgan fingerprint density at radius 3 is 2.03 bits per heavy atom. The number of hydrogen-bond donors (Lipinski definition) is 0. The van der Waals surface area contributed by atoms with E-state index in [0.29, 0.717) is 34.2 Å². The van der Waals surface area contributed by atoms with E-state index in [-0.39, 0.29) is 9.80 Å². The molecule has 7 nitrogen and oxygen atoms in total. The Kier molecular flexibility index (Phi) is 5.86. The number of ether oxygens (including phenoxy) is 3. The van der Waals surface area contributed by atoms with Crippen LogP contribution >= 0.6 is 0 Å². The second-order valence-electron chi connectivity index (χ2n) is 7.41. The van der Waals surface area contributed by atoms with Gasteiger partial charge < -0.3 is 19.1 Å². The molecule has 0 aromatic heterocycles. The molecular weight excluding hydrogens is 442 g/mol. The summed E-state index contributed by atoms with van der Waals surface area (Å²) in [6.45, 7) is 1.90. The molecule has 170 valence electrons. The fraction of sp³-hybridized carbons (Fsp3) is 0.160. The first-order valence-corrected chi connectivity index (χ1v) is 11.6. The van der Waals surface area contributed by atoms with Gasteiger partial charge in [-0.25, -0.2) is 8.42 Å². The molecule has 0 amide bonds. The highest BCUT2D eigenvalue weighted by molar-refractivity contribution is 7.96. The standard InChI is InChI=1S/C25H23NO6S/c1-16-9-11-17(12-10-16)24(27)23-15-26(19-7-5-6-8-22(19)33(23,28)29)18-13-20(30-2)25(32-4)21(14-18)31-3/h5-15H,1-4H3. The van der Waals surface area contributed by atoms with Gasteiger partial charge in [0.2, 0.25) is 21.4 Å². The summed E-state index contributed by atoms with van der Waals surface area (Å²) in [5.74, 6) is 0.624. The molecule has 33 heavy (non-hydrogen) atoms. The van der Waals surface area contributed by atoms with E-state index in [1.807, 2.05) is 6.92 Å². The van der Waals surface area contributed by atoms with Crippen molar-refractivity contribution in [1.82, 2.24) is 0 Å². The predicted octanol–water partition coefficient (Wildman–Crippen LogP) is 4.67. The fourth-order valence-electron chi connectivity index (χ4n) is 3.71. The zero-order valence-electron chi connectivity index (χ0n) is 18.7. The van der Waals surface area contributed by atoms with Crippen LogP contribution < -0.4 is 19.1 Å². The quantitative estimate of drug-likeness (QED) is 0.489. The minimum absolute atomic E-state index is 0.0386. The molecule has 0 aliphatic carbocycles. The highest BCUT2D eigenvalue weighted by atomic mass is 32.2. The van der Waals surface area contributed by atoms with E-state index in [2.05, 4.69) is 0 Å². The highest BCUT2D eigenvalue weighted by Gasteiger charge is 2.36. The summed E-state index contributed by atoms with van der Waals surface area (Å²) in [6, 6.07) is 16.7. The number of para-hydroxylation sites is 1. The van der Waals surface area contributed by atoms with Gasteiger partial charge in [-0.3, -0.25) is 4.79 Å². The van der Waals surface area contributed by atoms with Crippen LogP contribution in [-0.4, -0.2) is 35.5 Å². The first kappa shape index (κ1) is 22.4. The Morgan fingerprint density at radius 2 is 1.45 bits per heavy atom. The van der Waals surface area contributed by atoms with Crippen LogP contribution in [0.15, 0.2) is 76.7 Å². The number of anilines is 2. The van der Waals surface area contributed by atoms with Gasteiger partial charge in [-0.15, -0.1) is 0 Å². The molecule has 0 N–H and O–H groups in total. The number of methoxy groups -OCH3 is 3. The van der Waals surface area contributed by atoms with Crippen LogP contribution in [0.3, 0.4) is 0 Å². The molecule has 0 saturated heterocycles. The van der Waals surface area contributed by atoms with Crippen LogP contribution in [0.2, 0.25) is 0 Å². The number of rotatable bonds is 6. The number of carbonyl (C=O) groups excluding carboxylic acids is 1. The van der Waals surface area contributed by atoms with Crippen molar-refractivity contribution in [1.29, 1.82) is 0 Å². The number of hydrogen-bond acceptors (Lipinski definition) is 7. The fourth-order valence-corrected chi connectivity index (χ4v) is 5.25. The third-order valence-electron chi connectivity index (χ3n) is 5.42. The molecule has 1 aliphatic heterocycles. The molecule has 0 atom stereocenters. The average molecular weight is 466 g/mol. The normalized spacial score (nSPS) is 14.2. The molecule has 8 heteroatoms. The monoisotopic (exact) mass is 465 g/mol. The Morgan fingerprint density at radius 1 is 0.848 bits per heavy atom. The number of carbonyl (C=O) groups is 1. The van der Waals surface area contributed by atoms with Gasteiger partial charge in [-0.1, -0.05) is 42.0 Å². The molecule has 3 aromatic rings. The summed E-state index contributed by atoms with van der Waals surface area (Å²) in [7, 11) is 0.454. The molecule has 3 aromatic carbocycles. The molecule has 1 heterocycles. The van der Waals surface area contributed by atoms with Crippen LogP contribution in [0.5, 0.6) is 17.2 Å². The van der Waals surface area contributed by atoms with Crippen LogP contribution in [-0.2, 0) is 9.84 Å². The van der Waals surface area contributed by atoms with Crippen molar-refractivity contribution in [2.24, 2.45) is 0 Å². The summed E-state index contributed by atoms with van der Waals surface area (Å²) in [5.41, 5.74) is 2.21. The third-order valence-corrected chi connectivity index (χ3v) is 7.21. The molecule has 0 fully saturated rings. The van der Waals surface area contributed by atoms with Gasteiger partial charge in [0, 0.05) is 23.9 Å². The summed E-state index contributed by atoms with van der Waals surface area (Å²) in [6.07, 6.45) is 1.35. The van der Waals surface area contributed by atoms with E-state index in [1.54, 1.807) is 59.5 Å². The summed E-state index contributed by atoms with van der Waals surface area (Å²) in [5, 5.41) is 0. The maximum Gasteiger partial charge on any atom is 0.214 e. The van der Waals surface area contributed by atoms with Gasteiger partial charge in [0.25, 0.3) is 0 Å². The number of nitrogens with zero attached hydrogens (tertiary/aromatic N) is 1. The summed E-state index contributed by atoms with van der Waals surface area (Å²) in [4.78, 5) is 14.7. The molecule has 0 spiro atoms. The van der Waals surface area contributed by atoms with Crippen molar-refractivity contribution in [3.63, 3.8) is 0 Å². The lowest BCUT2D eigenvalue weighted by atomic mass is 10.1. The van der Waals surface area contributed by atoms with Gasteiger partial charge >= 0.3 is 0 Å². The smallest absolute Gasteiger partial charge is 0.214 e. The zero-order valence-corrected chi connectivity index (χ0v) is 19.5. The predicted molar refractivity (Wildman–Crippen MR) is 125 cm³/mol. The minimum Gasteiger partial charge on any atom is -0.493 e. The van der Waals surface area contributed by atoms with Crippen molar-refractivity contribution in [3.8, 4) is 17.2 Å². The first-order valence-electron chi connectivity index (χ1n) is 10.1. The number of benzene rings is 3. The molecule has 0 unspecified atom stereocenters. The zero-order chi connectivity index (χ0) is 23.8. The Balaban J connectivity index is 1.95. The first-order chi connectivity index (χ1) is 15.8. The van der Waals surface area contributed by atoms with Gasteiger partial charge in [0.1, 0.15) is 4.91 Å². The number of allylic oxidation sites excluding steroid dienone is 1. The Bertz CT molecular complexity index is 1330. The maximum absolute atomic E-state index is 13.4. The molecule has 0 bridgehead atoms. The lowest BCUT2D eigenvalue weighted by molar-refractivity contribution is 0.104. The van der Waals surface area contributed by atoms with Crippen molar-refractivity contribution < 1.29 is 27.4 Å². The number of ketones is 1. The summed E-state index contributed by atoms with van der Waals surface area (Å²) < 4.78 is 43.2. The molecule has 1 aliphatic rings. The number of sulfone groups is 1. The second kappa shape index (κ2) is 8.63. The second-order valence-corrected chi connectivity index (χ2v) is 9.30. The lowest BCUT2D eigenvalue weighted by Crippen LogP contribution is -2.25. The largest absolute Gasteiger partial charge is 0.493 e. The number of aryl methyl sites for hydroxylation is 1. The van der Waals surface area contributed by atoms with E-state index in [1.165, 1.54) is 33.6 Å². The maximum atomic E-state index is 13.4. The Labute approximate surface area is 192 Å². The van der Waals surface area contributed by atoms with E-state index in [4.69, 9.17) is 14.2 Å². The van der Waals surface area contributed by atoms with Crippen molar-refractivity contribution in [2.45, 2.75) is 11.8 Å². The topological polar surface area (TPSA) is 82.1 Å². The van der Waals surface area contributed by atoms with E-state index in [9.17, 15) is 13.2 Å². The van der Waals surface area contributed by atoms with Crippen LogP contribution in [0.4, 0.5) is 11.4 Å². The average Bonchev–Trinajstić information content (AvgIpc) is 2.83. The minimum atomic E-state index is -4.04. The van der Waals surface area contributed by atoms with Gasteiger partial charge in [0.05, 0.1) is 37.6 Å². The number of Topliss-reactive ketones (excluding diaryl/α,β-unsaturated/α-hetero) is 1. The molecule has 0 radical (unpaired) electrons. The highest BCUT2D eigenvalue weighted by Crippen LogP contribution is 2.46. The molecule has 4 rings (SSSR count). The SMILES string of the molecule is COc1cc(N2C=C(C(=O)c3ccc(C)cc3)S(=O)(=O)c3ccccc32)cc(OC)c1OC. The van der Waals surface area contributed by atoms with Crippen LogP contribution in [0.25, 0.3) is 0 Å². The van der Waals surface area contributed by atoms with Gasteiger partial charge in [0.15, 0.2) is 11.5 Å². The number of fused-ring (bicyclic) bond motifs is 1. The van der Waals surface area contributed by atoms with Gasteiger partial charge in [-0.2, -0.15) is 0 Å². The Hall–Kier alpha value is -3.78. The van der Waals surface area contributed by atoms with Crippen molar-refractivity contribution >= 4 is 27.0 Å². The lowest BCUT2D eigenvalue weighted by Gasteiger charge is -2.29. The van der Waals surface area contributed by atoms with Crippen molar-refractivity contribution in [3.05, 3.63) is 82.9 Å². The third kappa shape index (κ3) is 3.82. The van der Waals surface area contributed by atoms with Crippen LogP contribution in [0, 0.1) is 6.92 Å². The van der Waals surface area contributed by atoms with Crippen LogP contribution in [0.1, 0.15) is 15.9 Å². The summed E-state index contributed by atoms with van der Waals surface area (Å²) >= 11 is 0. The van der Waals surface area contributed by atoms with E-state index in [0.717, 1.165) is 5.56 Å². The van der Waals surface area contributed by atoms with Crippen molar-refractivity contribution in [2.75, 3.05) is 26.2 Å². The molecular formula is C25H23NO6S. The van der Waals surface area contributed by atoms with Gasteiger partial charge in [-0.05, 0) is 19.1 Å². The van der Waals surface area contributed by atoms with E-state index >= 15 is 0 Å². The molecule has 0 saturated carbocycles. The van der Waals surface area contributed by atoms with E-state index < -0.39 is 15.6 Å².